The Morgan fingerprint density at radius 2 is 2.02 bits per heavy atom. The van der Waals surface area contributed by atoms with Gasteiger partial charge in [-0.25, -0.2) is 15.0 Å². The molecule has 1 fully saturated rings. The molecule has 0 radical (unpaired) electrons. The molecule has 1 saturated heterocycles. The van der Waals surface area contributed by atoms with Gasteiger partial charge in [0.05, 0.1) is 16.9 Å². The molecule has 1 atom stereocenters. The van der Waals surface area contributed by atoms with Crippen LogP contribution in [0.4, 0.5) is 11.5 Å². The minimum Gasteiger partial charge on any atom is -0.507 e. The molecule has 4 heterocycles. The monoisotopic (exact) mass is 614 g/mol. The van der Waals surface area contributed by atoms with Crippen LogP contribution in [0.3, 0.4) is 0 Å². The van der Waals surface area contributed by atoms with Crippen molar-refractivity contribution in [2.24, 2.45) is 4.99 Å². The molecule has 2 aliphatic rings. The highest BCUT2D eigenvalue weighted by atomic mass is 79.9. The second kappa shape index (κ2) is 11.2. The molecule has 0 bridgehead atoms. The molecule has 0 saturated carbocycles. The average molecular weight is 615 g/mol. The molecule has 1 unspecified atom stereocenters. The largest absolute Gasteiger partial charge is 0.507 e. The number of benzene rings is 1. The minimum absolute atomic E-state index is 0.0101. The third-order valence-electron chi connectivity index (χ3n) is 7.30. The van der Waals surface area contributed by atoms with E-state index < -0.39 is 0 Å². The van der Waals surface area contributed by atoms with Crippen LogP contribution < -0.4 is 15.8 Å². The minimum atomic E-state index is -0.0701. The number of amidine groups is 1. The maximum absolute atomic E-state index is 12.3. The lowest BCUT2D eigenvalue weighted by Gasteiger charge is -2.43. The Morgan fingerprint density at radius 3 is 2.70 bits per heavy atom. The molecule has 8 nitrogen and oxygen atoms in total. The first-order chi connectivity index (χ1) is 19.2. The number of aromatic hydroxyl groups is 1. The Balaban J connectivity index is 1.72. The van der Waals surface area contributed by atoms with Gasteiger partial charge in [0, 0.05) is 42.3 Å². The standard InChI is InChI=1S/C28H29B2BrN6O2S/c1-5-22(39)35-11-12-36(15(2)14-35)27-17-13-19(30)24(23-18(29)7-6-8-20(23)38)34-28(17)37(16(3)33-27)25-21(40-4)9-10-32-26(25)31/h5-10,13,15,38H,1,3,11-12,14,29-30H2,2,4H3. The summed E-state index contributed by atoms with van der Waals surface area (Å²) in [6.07, 6.45) is 5.13. The molecule has 202 valence electrons. The van der Waals surface area contributed by atoms with Crippen LogP contribution >= 0.6 is 27.7 Å². The van der Waals surface area contributed by atoms with Gasteiger partial charge in [-0.05, 0) is 47.3 Å². The van der Waals surface area contributed by atoms with E-state index in [0.717, 1.165) is 32.9 Å². The van der Waals surface area contributed by atoms with E-state index in [9.17, 15) is 9.90 Å². The van der Waals surface area contributed by atoms with Crippen LogP contribution in [-0.2, 0) is 4.79 Å². The number of fused-ring (bicyclic) bond motifs is 1. The summed E-state index contributed by atoms with van der Waals surface area (Å²) in [5.74, 6) is 2.02. The number of hydrogen-bond donors (Lipinski definition) is 1. The topological polar surface area (TPSA) is 85.2 Å². The van der Waals surface area contributed by atoms with Crippen LogP contribution in [-0.4, -0.2) is 84.2 Å². The Hall–Kier alpha value is -3.50. The molecule has 12 heteroatoms. The Kier molecular flexibility index (Phi) is 7.83. The second-order valence-electron chi connectivity index (χ2n) is 9.86. The molecule has 1 aromatic carbocycles. The van der Waals surface area contributed by atoms with Gasteiger partial charge in [0.15, 0.2) is 5.82 Å². The number of anilines is 2. The van der Waals surface area contributed by atoms with Crippen LogP contribution in [0.15, 0.2) is 76.1 Å². The normalized spacial score (nSPS) is 17.0. The third kappa shape index (κ3) is 4.83. The lowest BCUT2D eigenvalue weighted by molar-refractivity contribution is -0.128. The molecule has 2 aliphatic heterocycles. The number of phenolic OH excluding ortho intramolecular Hbond substituents is 1. The van der Waals surface area contributed by atoms with Crippen molar-refractivity contribution in [2.45, 2.75) is 17.9 Å². The number of aromatic nitrogens is 2. The van der Waals surface area contributed by atoms with Crippen molar-refractivity contribution >= 4 is 77.6 Å². The van der Waals surface area contributed by atoms with E-state index in [1.807, 2.05) is 49.9 Å². The number of phenols is 1. The number of halogens is 1. The maximum atomic E-state index is 12.3. The number of amides is 1. The number of carbonyl (C=O) groups excluding carboxylic acids is 1. The number of nitrogens with zero attached hydrogens (tertiary/aromatic N) is 6. The molecule has 0 aliphatic carbocycles. The molecule has 1 N–H and O–H groups in total. The van der Waals surface area contributed by atoms with E-state index in [1.54, 1.807) is 24.0 Å². The smallest absolute Gasteiger partial charge is 0.246 e. The van der Waals surface area contributed by atoms with Gasteiger partial charge in [0.2, 0.25) is 5.91 Å². The van der Waals surface area contributed by atoms with Crippen LogP contribution in [0.1, 0.15) is 12.5 Å². The van der Waals surface area contributed by atoms with Crippen molar-refractivity contribution in [1.29, 1.82) is 0 Å². The lowest BCUT2D eigenvalue weighted by atomic mass is 9.82. The number of carbonyl (C=O) groups is 1. The van der Waals surface area contributed by atoms with Gasteiger partial charge in [-0.1, -0.05) is 42.3 Å². The van der Waals surface area contributed by atoms with Crippen molar-refractivity contribution in [2.75, 3.05) is 30.8 Å². The zero-order valence-corrected chi connectivity index (χ0v) is 25.4. The summed E-state index contributed by atoms with van der Waals surface area (Å²) in [5, 5.41) is 10.9. The predicted octanol–water partition coefficient (Wildman–Crippen LogP) is 1.94. The fourth-order valence-electron chi connectivity index (χ4n) is 5.34. The lowest BCUT2D eigenvalue weighted by Crippen LogP contribution is -2.56. The Labute approximate surface area is 248 Å². The number of hydrogen-bond acceptors (Lipinski definition) is 8. The van der Waals surface area contributed by atoms with Crippen LogP contribution in [0.25, 0.3) is 11.3 Å². The molecule has 5 rings (SSSR count). The SMILES string of the molecule is Bc1cc2c(nc1-c1c(B)cccc1O)N(c1c(SC)ccnc1Br)C(=C)N=C2N1CCN(C(=O)C=C)CC1C. The first-order valence-electron chi connectivity index (χ1n) is 12.9. The van der Waals surface area contributed by atoms with Gasteiger partial charge in [-0.15, -0.1) is 11.8 Å². The van der Waals surface area contributed by atoms with Crippen LogP contribution in [0.5, 0.6) is 5.75 Å². The summed E-state index contributed by atoms with van der Waals surface area (Å²) in [5.41, 5.74) is 4.86. The number of pyridine rings is 2. The fourth-order valence-corrected chi connectivity index (χ4v) is 6.56. The van der Waals surface area contributed by atoms with Crippen molar-refractivity contribution in [3.63, 3.8) is 0 Å². The van der Waals surface area contributed by atoms with Gasteiger partial charge in [0.1, 0.15) is 37.7 Å². The molecular weight excluding hydrogens is 586 g/mol. The highest BCUT2D eigenvalue weighted by molar-refractivity contribution is 9.10. The highest BCUT2D eigenvalue weighted by Gasteiger charge is 2.36. The molecule has 0 spiro atoms. The van der Waals surface area contributed by atoms with Crippen molar-refractivity contribution < 1.29 is 9.90 Å². The average Bonchev–Trinajstić information content (AvgIpc) is 2.93. The zero-order chi connectivity index (χ0) is 28.7. The summed E-state index contributed by atoms with van der Waals surface area (Å²) in [6, 6.07) is 9.53. The second-order valence-corrected chi connectivity index (χ2v) is 11.5. The van der Waals surface area contributed by atoms with Crippen molar-refractivity contribution in [3.05, 3.63) is 71.8 Å². The molecule has 40 heavy (non-hydrogen) atoms. The molecule has 2 aromatic heterocycles. The van der Waals surface area contributed by atoms with Crippen LogP contribution in [0, 0.1) is 0 Å². The number of thioether (sulfide) groups is 1. The van der Waals surface area contributed by atoms with Crippen molar-refractivity contribution in [1.82, 2.24) is 19.8 Å². The van der Waals surface area contributed by atoms with Gasteiger partial charge in [-0.3, -0.25) is 9.69 Å². The van der Waals surface area contributed by atoms with Gasteiger partial charge < -0.3 is 14.9 Å². The number of piperazine rings is 1. The highest BCUT2D eigenvalue weighted by Crippen LogP contribution is 2.44. The Bertz CT molecular complexity index is 1560. The predicted molar refractivity (Wildman–Crippen MR) is 172 cm³/mol. The molecular formula is C28H29B2BrN6O2S. The third-order valence-corrected chi connectivity index (χ3v) is 8.65. The Morgan fingerprint density at radius 1 is 1.25 bits per heavy atom. The van der Waals surface area contributed by atoms with Gasteiger partial charge >= 0.3 is 0 Å². The van der Waals surface area contributed by atoms with E-state index in [0.29, 0.717) is 47.1 Å². The van der Waals surface area contributed by atoms with E-state index in [1.165, 1.54) is 6.08 Å². The van der Waals surface area contributed by atoms with Crippen molar-refractivity contribution in [3.8, 4) is 17.0 Å². The fraction of sp³-hybridized carbons (Fsp3) is 0.214. The van der Waals surface area contributed by atoms with Gasteiger partial charge in [-0.2, -0.15) is 0 Å². The zero-order valence-electron chi connectivity index (χ0n) is 23.0. The van der Waals surface area contributed by atoms with Crippen LogP contribution in [0.2, 0.25) is 0 Å². The summed E-state index contributed by atoms with van der Waals surface area (Å²) in [7, 11) is 3.96. The molecule has 1 amide bonds. The van der Waals surface area contributed by atoms with E-state index in [-0.39, 0.29) is 17.7 Å². The number of rotatable bonds is 4. The summed E-state index contributed by atoms with van der Waals surface area (Å²) < 4.78 is 0.651. The van der Waals surface area contributed by atoms with Gasteiger partial charge in [0.25, 0.3) is 0 Å². The van der Waals surface area contributed by atoms with E-state index >= 15 is 0 Å². The first kappa shape index (κ1) is 28.0. The quantitative estimate of drug-likeness (QED) is 0.208. The summed E-state index contributed by atoms with van der Waals surface area (Å²) in [4.78, 5) is 34.0. The van der Waals surface area contributed by atoms with E-state index in [2.05, 4.69) is 52.0 Å². The first-order valence-corrected chi connectivity index (χ1v) is 14.9. The van der Waals surface area contributed by atoms with E-state index in [4.69, 9.17) is 9.98 Å². The maximum Gasteiger partial charge on any atom is 0.246 e. The number of aliphatic imine (C=N–C) groups is 1. The summed E-state index contributed by atoms with van der Waals surface area (Å²) >= 11 is 5.25. The summed E-state index contributed by atoms with van der Waals surface area (Å²) in [6.45, 7) is 11.8. The molecule has 3 aromatic rings.